The lowest BCUT2D eigenvalue weighted by atomic mass is 10.4. The number of aryl methyl sites for hydroxylation is 1. The van der Waals surface area contributed by atoms with E-state index in [9.17, 15) is 0 Å². The minimum Gasteiger partial charge on any atom is -0.314 e. The van der Waals surface area contributed by atoms with Crippen LogP contribution in [0.3, 0.4) is 0 Å². The van der Waals surface area contributed by atoms with E-state index >= 15 is 0 Å². The summed E-state index contributed by atoms with van der Waals surface area (Å²) in [5, 5.41) is 7.24. The van der Waals surface area contributed by atoms with Gasteiger partial charge in [0.1, 0.15) is 0 Å². The number of nitrogens with zero attached hydrogens (tertiary/aromatic N) is 2. The van der Waals surface area contributed by atoms with Gasteiger partial charge in [-0.05, 0) is 23.0 Å². The van der Waals surface area contributed by atoms with E-state index in [0.29, 0.717) is 0 Å². The fourth-order valence-corrected chi connectivity index (χ4v) is 1.31. The van der Waals surface area contributed by atoms with E-state index in [1.165, 1.54) is 0 Å². The van der Waals surface area contributed by atoms with Gasteiger partial charge in [0.15, 0.2) is 0 Å². The smallest absolute Gasteiger partial charge is 0.0904 e. The number of hydrogen-bond donors (Lipinski definition) is 1. The molecule has 0 radical (unpaired) electrons. The Morgan fingerprint density at radius 3 is 2.73 bits per heavy atom. The second-order valence-electron chi connectivity index (χ2n) is 2.13. The first-order valence-corrected chi connectivity index (χ1v) is 3.86. The van der Waals surface area contributed by atoms with Crippen LogP contribution in [-0.4, -0.2) is 16.8 Å². The normalized spacial score (nSPS) is 9.36. The van der Waals surface area contributed by atoms with Gasteiger partial charge < -0.3 is 5.32 Å². The lowest BCUT2D eigenvalue weighted by Gasteiger charge is -1.92. The molecule has 0 spiro atoms. The van der Waals surface area contributed by atoms with Gasteiger partial charge in [0, 0.05) is 19.8 Å². The predicted octanol–water partition coefficient (Wildman–Crippen LogP) is 1.48. The van der Waals surface area contributed by atoms with Gasteiger partial charge in [-0.3, -0.25) is 4.68 Å². The predicted molar refractivity (Wildman–Crippen MR) is 54.0 cm³/mol. The molecule has 0 fully saturated rings. The standard InChI is InChI=1S/C6H10BrN3.BrH/c1-8-3-6-5(7)4-10(2)9-6;/h4,8H,3H2,1-2H3;1H. The van der Waals surface area contributed by atoms with Crippen LogP contribution < -0.4 is 5.32 Å². The van der Waals surface area contributed by atoms with Gasteiger partial charge in [0.05, 0.1) is 10.2 Å². The quantitative estimate of drug-likeness (QED) is 0.892. The van der Waals surface area contributed by atoms with Crippen molar-refractivity contribution < 1.29 is 0 Å². The highest BCUT2D eigenvalue weighted by Gasteiger charge is 2.01. The van der Waals surface area contributed by atoms with Crippen LogP contribution in [0.15, 0.2) is 10.7 Å². The van der Waals surface area contributed by atoms with Gasteiger partial charge in [0.2, 0.25) is 0 Å². The number of hydrogen-bond acceptors (Lipinski definition) is 2. The molecule has 1 aromatic heterocycles. The summed E-state index contributed by atoms with van der Waals surface area (Å²) in [6, 6.07) is 0. The van der Waals surface area contributed by atoms with Crippen molar-refractivity contribution in [1.29, 1.82) is 0 Å². The highest BCUT2D eigenvalue weighted by molar-refractivity contribution is 9.10. The Hall–Kier alpha value is 0.130. The lowest BCUT2D eigenvalue weighted by Crippen LogP contribution is -2.06. The Labute approximate surface area is 85.1 Å². The molecule has 0 unspecified atom stereocenters. The van der Waals surface area contributed by atoms with Crippen molar-refractivity contribution in [2.75, 3.05) is 7.05 Å². The van der Waals surface area contributed by atoms with E-state index in [1.807, 2.05) is 20.3 Å². The third kappa shape index (κ3) is 2.92. The zero-order valence-corrected chi connectivity index (χ0v) is 9.76. The molecule has 1 N–H and O–H groups in total. The van der Waals surface area contributed by atoms with Crippen molar-refractivity contribution >= 4 is 32.9 Å². The summed E-state index contributed by atoms with van der Waals surface area (Å²) in [6.07, 6.45) is 1.94. The molecule has 0 aliphatic carbocycles. The van der Waals surface area contributed by atoms with Crippen molar-refractivity contribution in [3.05, 3.63) is 16.4 Å². The Morgan fingerprint density at radius 2 is 2.36 bits per heavy atom. The zero-order valence-electron chi connectivity index (χ0n) is 6.47. The largest absolute Gasteiger partial charge is 0.314 e. The zero-order chi connectivity index (χ0) is 7.56. The molecule has 0 aliphatic heterocycles. The van der Waals surface area contributed by atoms with Gasteiger partial charge in [-0.15, -0.1) is 17.0 Å². The van der Waals surface area contributed by atoms with Crippen LogP contribution in [0.4, 0.5) is 0 Å². The molecule has 0 aliphatic rings. The van der Waals surface area contributed by atoms with E-state index in [-0.39, 0.29) is 17.0 Å². The third-order valence-corrected chi connectivity index (χ3v) is 1.86. The average Bonchev–Trinajstić information content (AvgIpc) is 2.13. The number of nitrogens with one attached hydrogen (secondary N) is 1. The van der Waals surface area contributed by atoms with Crippen LogP contribution in [-0.2, 0) is 13.6 Å². The first kappa shape index (κ1) is 11.1. The molecule has 0 atom stereocenters. The molecule has 0 saturated carbocycles. The molecule has 11 heavy (non-hydrogen) atoms. The van der Waals surface area contributed by atoms with Crippen molar-refractivity contribution in [1.82, 2.24) is 15.1 Å². The van der Waals surface area contributed by atoms with E-state index in [4.69, 9.17) is 0 Å². The van der Waals surface area contributed by atoms with Crippen molar-refractivity contribution in [2.45, 2.75) is 6.54 Å². The molecule has 0 bridgehead atoms. The van der Waals surface area contributed by atoms with Crippen LogP contribution in [0, 0.1) is 0 Å². The van der Waals surface area contributed by atoms with E-state index < -0.39 is 0 Å². The number of rotatable bonds is 2. The van der Waals surface area contributed by atoms with Crippen molar-refractivity contribution in [3.63, 3.8) is 0 Å². The second kappa shape index (κ2) is 4.90. The molecule has 0 amide bonds. The maximum Gasteiger partial charge on any atom is 0.0904 e. The van der Waals surface area contributed by atoms with Crippen LogP contribution in [0.25, 0.3) is 0 Å². The van der Waals surface area contributed by atoms with Gasteiger partial charge >= 0.3 is 0 Å². The highest BCUT2D eigenvalue weighted by Crippen LogP contribution is 2.13. The second-order valence-corrected chi connectivity index (χ2v) is 2.98. The Morgan fingerprint density at radius 1 is 1.73 bits per heavy atom. The topological polar surface area (TPSA) is 29.9 Å². The SMILES string of the molecule is Br.CNCc1nn(C)cc1Br. The van der Waals surface area contributed by atoms with Gasteiger partial charge in [0.25, 0.3) is 0 Å². The molecule has 3 nitrogen and oxygen atoms in total. The maximum atomic E-state index is 4.21. The summed E-state index contributed by atoms with van der Waals surface area (Å²) in [5.74, 6) is 0. The maximum absolute atomic E-state index is 4.21. The van der Waals surface area contributed by atoms with E-state index in [2.05, 4.69) is 26.3 Å². The van der Waals surface area contributed by atoms with E-state index in [1.54, 1.807) is 4.68 Å². The molecule has 64 valence electrons. The lowest BCUT2D eigenvalue weighted by molar-refractivity contribution is 0.711. The van der Waals surface area contributed by atoms with Crippen LogP contribution in [0.2, 0.25) is 0 Å². The summed E-state index contributed by atoms with van der Waals surface area (Å²) in [7, 11) is 3.81. The molecule has 1 aromatic rings. The summed E-state index contributed by atoms with van der Waals surface area (Å²) in [6.45, 7) is 0.807. The fourth-order valence-electron chi connectivity index (χ4n) is 0.793. The molecule has 1 heterocycles. The van der Waals surface area contributed by atoms with Gasteiger partial charge in [-0.25, -0.2) is 0 Å². The highest BCUT2D eigenvalue weighted by atomic mass is 79.9. The third-order valence-electron chi connectivity index (χ3n) is 1.20. The Bertz CT molecular complexity index is 222. The van der Waals surface area contributed by atoms with Crippen molar-refractivity contribution in [2.24, 2.45) is 7.05 Å². The molecular formula is C6H11Br2N3. The van der Waals surface area contributed by atoms with Gasteiger partial charge in [-0.1, -0.05) is 0 Å². The first-order valence-electron chi connectivity index (χ1n) is 3.06. The molecule has 5 heteroatoms. The van der Waals surface area contributed by atoms with Crippen LogP contribution >= 0.6 is 32.9 Å². The van der Waals surface area contributed by atoms with Crippen LogP contribution in [0.5, 0.6) is 0 Å². The molecule has 0 aromatic carbocycles. The Kier molecular flexibility index (Phi) is 4.96. The Balaban J connectivity index is 0.000001000. The summed E-state index contributed by atoms with van der Waals surface area (Å²) in [5.41, 5.74) is 1.05. The van der Waals surface area contributed by atoms with Crippen molar-refractivity contribution in [3.8, 4) is 0 Å². The molecular weight excluding hydrogens is 274 g/mol. The summed E-state index contributed by atoms with van der Waals surface area (Å²) in [4.78, 5) is 0. The van der Waals surface area contributed by atoms with Gasteiger partial charge in [-0.2, -0.15) is 5.10 Å². The summed E-state index contributed by atoms with van der Waals surface area (Å²) >= 11 is 3.39. The first-order chi connectivity index (χ1) is 4.74. The minimum atomic E-state index is 0. The molecule has 0 saturated heterocycles. The summed E-state index contributed by atoms with van der Waals surface area (Å²) < 4.78 is 2.85. The monoisotopic (exact) mass is 283 g/mol. The number of halogens is 2. The fraction of sp³-hybridized carbons (Fsp3) is 0.500. The van der Waals surface area contributed by atoms with Crippen LogP contribution in [0.1, 0.15) is 5.69 Å². The average molecular weight is 285 g/mol. The number of aromatic nitrogens is 2. The minimum absolute atomic E-state index is 0. The molecule has 1 rings (SSSR count). The van der Waals surface area contributed by atoms with E-state index in [0.717, 1.165) is 16.7 Å².